The highest BCUT2D eigenvalue weighted by molar-refractivity contribution is 5.76. The summed E-state index contributed by atoms with van der Waals surface area (Å²) in [7, 11) is 1.58. The molecular weight excluding hydrogens is 224 g/mol. The van der Waals surface area contributed by atoms with Crippen molar-refractivity contribution in [2.75, 3.05) is 26.7 Å². The summed E-state index contributed by atoms with van der Waals surface area (Å²) in [6.07, 6.45) is 0.557. The van der Waals surface area contributed by atoms with Crippen molar-refractivity contribution in [3.63, 3.8) is 0 Å². The first-order chi connectivity index (χ1) is 7.73. The van der Waals surface area contributed by atoms with Gasteiger partial charge in [-0.3, -0.25) is 4.79 Å². The number of amides is 2. The van der Waals surface area contributed by atoms with E-state index in [4.69, 9.17) is 5.11 Å². The van der Waals surface area contributed by atoms with E-state index >= 15 is 0 Å². The zero-order valence-corrected chi connectivity index (χ0v) is 10.5. The van der Waals surface area contributed by atoms with Crippen LogP contribution in [0.4, 0.5) is 4.79 Å². The Bertz CT molecular complexity index is 317. The van der Waals surface area contributed by atoms with Crippen molar-refractivity contribution >= 4 is 12.0 Å². The number of likely N-dealkylation sites (tertiary alicyclic amines) is 1. The number of carboxylic acid groups (broad SMARTS) is 1. The van der Waals surface area contributed by atoms with E-state index in [1.54, 1.807) is 25.8 Å². The molecule has 0 aliphatic carbocycles. The van der Waals surface area contributed by atoms with E-state index in [-0.39, 0.29) is 12.6 Å². The van der Waals surface area contributed by atoms with Crippen LogP contribution in [-0.4, -0.2) is 64.3 Å². The predicted octanol–water partition coefficient (Wildman–Crippen LogP) is 0.216. The number of β-amino-alcohol motifs (C(OH)–C–C–N with tert-alkyl or cyclic N) is 1. The number of carboxylic acids is 1. The number of rotatable bonds is 3. The summed E-state index contributed by atoms with van der Waals surface area (Å²) in [5.74, 6) is -1.51. The lowest BCUT2D eigenvalue weighted by Crippen LogP contribution is -2.44. The lowest BCUT2D eigenvalue weighted by Gasteiger charge is -2.26. The number of carbonyl (C=O) groups is 2. The Hall–Kier alpha value is -1.30. The molecule has 0 spiro atoms. The number of hydrogen-bond acceptors (Lipinski definition) is 3. The molecule has 1 aliphatic heterocycles. The molecule has 0 aromatic carbocycles. The predicted molar refractivity (Wildman–Crippen MR) is 61.6 cm³/mol. The van der Waals surface area contributed by atoms with Crippen molar-refractivity contribution in [1.82, 2.24) is 9.80 Å². The van der Waals surface area contributed by atoms with Gasteiger partial charge in [0.05, 0.1) is 18.1 Å². The molecule has 98 valence electrons. The Morgan fingerprint density at radius 3 is 2.53 bits per heavy atom. The summed E-state index contributed by atoms with van der Waals surface area (Å²) >= 11 is 0. The highest BCUT2D eigenvalue weighted by Crippen LogP contribution is 2.21. The van der Waals surface area contributed by atoms with Gasteiger partial charge in [-0.2, -0.15) is 0 Å². The van der Waals surface area contributed by atoms with Crippen LogP contribution in [-0.2, 0) is 4.79 Å². The third-order valence-electron chi connectivity index (χ3n) is 3.02. The third-order valence-corrected chi connectivity index (χ3v) is 3.02. The molecule has 2 amide bonds. The van der Waals surface area contributed by atoms with Gasteiger partial charge >= 0.3 is 12.0 Å². The Morgan fingerprint density at radius 1 is 1.53 bits per heavy atom. The molecule has 0 bridgehead atoms. The van der Waals surface area contributed by atoms with Gasteiger partial charge < -0.3 is 20.0 Å². The maximum absolute atomic E-state index is 11.9. The standard InChI is InChI=1S/C11H20N2O4/c1-8(9(14)15)6-12(3)10(16)13-5-4-11(2,17)7-13/h8,17H,4-7H2,1-3H3,(H,14,15). The average molecular weight is 244 g/mol. The fourth-order valence-corrected chi connectivity index (χ4v) is 1.92. The van der Waals surface area contributed by atoms with E-state index in [0.29, 0.717) is 19.5 Å². The molecule has 1 aliphatic rings. The summed E-state index contributed by atoms with van der Waals surface area (Å²) in [5, 5.41) is 18.5. The van der Waals surface area contributed by atoms with Crippen LogP contribution >= 0.6 is 0 Å². The van der Waals surface area contributed by atoms with Gasteiger partial charge in [-0.25, -0.2) is 4.79 Å². The fourth-order valence-electron chi connectivity index (χ4n) is 1.92. The summed E-state index contributed by atoms with van der Waals surface area (Å²) in [6, 6.07) is -0.226. The summed E-state index contributed by atoms with van der Waals surface area (Å²) in [6.45, 7) is 4.24. The fraction of sp³-hybridized carbons (Fsp3) is 0.818. The highest BCUT2D eigenvalue weighted by Gasteiger charge is 2.35. The first kappa shape index (κ1) is 13.8. The van der Waals surface area contributed by atoms with Crippen molar-refractivity contribution in [2.45, 2.75) is 25.9 Å². The lowest BCUT2D eigenvalue weighted by molar-refractivity contribution is -0.141. The Labute approximate surface area is 101 Å². The second-order valence-electron chi connectivity index (χ2n) is 5.07. The van der Waals surface area contributed by atoms with Crippen molar-refractivity contribution in [3.8, 4) is 0 Å². The molecule has 1 fully saturated rings. The SMILES string of the molecule is CC(CN(C)C(=O)N1CCC(C)(O)C1)C(=O)O. The van der Waals surface area contributed by atoms with E-state index in [1.165, 1.54) is 4.90 Å². The summed E-state index contributed by atoms with van der Waals surface area (Å²) < 4.78 is 0. The van der Waals surface area contributed by atoms with Crippen molar-refractivity contribution < 1.29 is 19.8 Å². The average Bonchev–Trinajstić information content (AvgIpc) is 2.57. The quantitative estimate of drug-likeness (QED) is 0.744. The molecule has 2 unspecified atom stereocenters. The van der Waals surface area contributed by atoms with E-state index in [2.05, 4.69) is 0 Å². The highest BCUT2D eigenvalue weighted by atomic mass is 16.4. The zero-order chi connectivity index (χ0) is 13.2. The van der Waals surface area contributed by atoms with Gasteiger partial charge in [0, 0.05) is 20.1 Å². The monoisotopic (exact) mass is 244 g/mol. The lowest BCUT2D eigenvalue weighted by atomic mass is 10.1. The van der Waals surface area contributed by atoms with Crippen LogP contribution in [0.15, 0.2) is 0 Å². The van der Waals surface area contributed by atoms with E-state index < -0.39 is 17.5 Å². The maximum atomic E-state index is 11.9. The van der Waals surface area contributed by atoms with Crippen LogP contribution in [0.2, 0.25) is 0 Å². The minimum Gasteiger partial charge on any atom is -0.481 e. The second-order valence-corrected chi connectivity index (χ2v) is 5.07. The smallest absolute Gasteiger partial charge is 0.319 e. The Morgan fingerprint density at radius 2 is 2.12 bits per heavy atom. The zero-order valence-electron chi connectivity index (χ0n) is 10.5. The Kier molecular flexibility index (Phi) is 3.98. The van der Waals surface area contributed by atoms with Gasteiger partial charge in [0.1, 0.15) is 0 Å². The van der Waals surface area contributed by atoms with Gasteiger partial charge in [-0.15, -0.1) is 0 Å². The van der Waals surface area contributed by atoms with Gasteiger partial charge in [0.2, 0.25) is 0 Å². The molecule has 0 aromatic rings. The normalized spacial score (nSPS) is 25.8. The number of aliphatic hydroxyl groups is 1. The third kappa shape index (κ3) is 3.59. The molecule has 0 radical (unpaired) electrons. The minimum atomic E-state index is -0.918. The summed E-state index contributed by atoms with van der Waals surface area (Å²) in [4.78, 5) is 25.6. The van der Waals surface area contributed by atoms with E-state index in [9.17, 15) is 14.7 Å². The van der Waals surface area contributed by atoms with Crippen LogP contribution in [0.1, 0.15) is 20.3 Å². The number of aliphatic carboxylic acids is 1. The molecule has 6 heteroatoms. The Balaban J connectivity index is 2.50. The number of nitrogens with zero attached hydrogens (tertiary/aromatic N) is 2. The number of urea groups is 1. The second kappa shape index (κ2) is 4.91. The number of hydrogen-bond donors (Lipinski definition) is 2. The molecule has 0 aromatic heterocycles. The topological polar surface area (TPSA) is 81.1 Å². The summed E-state index contributed by atoms with van der Waals surface area (Å²) in [5.41, 5.74) is -0.824. The molecule has 2 N–H and O–H groups in total. The van der Waals surface area contributed by atoms with Crippen LogP contribution < -0.4 is 0 Å². The molecule has 0 saturated carbocycles. The van der Waals surface area contributed by atoms with Gasteiger partial charge in [0.15, 0.2) is 0 Å². The van der Waals surface area contributed by atoms with Crippen LogP contribution in [0, 0.1) is 5.92 Å². The van der Waals surface area contributed by atoms with Crippen molar-refractivity contribution in [1.29, 1.82) is 0 Å². The van der Waals surface area contributed by atoms with Gasteiger partial charge in [-0.1, -0.05) is 6.92 Å². The van der Waals surface area contributed by atoms with E-state index in [0.717, 1.165) is 0 Å². The molecule has 6 nitrogen and oxygen atoms in total. The molecule has 1 saturated heterocycles. The molecule has 2 atom stereocenters. The largest absolute Gasteiger partial charge is 0.481 e. The first-order valence-electron chi connectivity index (χ1n) is 5.68. The van der Waals surface area contributed by atoms with Crippen LogP contribution in [0.3, 0.4) is 0 Å². The molecule has 17 heavy (non-hydrogen) atoms. The molecule has 1 rings (SSSR count). The minimum absolute atomic E-state index is 0.173. The molecular formula is C11H20N2O4. The maximum Gasteiger partial charge on any atom is 0.319 e. The van der Waals surface area contributed by atoms with Gasteiger partial charge in [0.25, 0.3) is 0 Å². The first-order valence-corrected chi connectivity index (χ1v) is 5.68. The van der Waals surface area contributed by atoms with Crippen LogP contribution in [0.5, 0.6) is 0 Å². The molecule has 1 heterocycles. The van der Waals surface area contributed by atoms with Crippen LogP contribution in [0.25, 0.3) is 0 Å². The van der Waals surface area contributed by atoms with Crippen molar-refractivity contribution in [2.24, 2.45) is 5.92 Å². The van der Waals surface area contributed by atoms with Gasteiger partial charge in [-0.05, 0) is 13.3 Å². The number of carbonyl (C=O) groups excluding carboxylic acids is 1. The van der Waals surface area contributed by atoms with Crippen molar-refractivity contribution in [3.05, 3.63) is 0 Å². The van der Waals surface area contributed by atoms with E-state index in [1.807, 2.05) is 0 Å².